The fraction of sp³-hybridized carbons (Fsp3) is 0.467. The molecule has 1 fully saturated rings. The van der Waals surface area contributed by atoms with Gasteiger partial charge in [0.2, 0.25) is 0 Å². The summed E-state index contributed by atoms with van der Waals surface area (Å²) in [5.74, 6) is 1.69. The number of rotatable bonds is 5. The van der Waals surface area contributed by atoms with Gasteiger partial charge in [-0.25, -0.2) is 0 Å². The standard InChI is InChI=1S/C15H20N4O/c1-10-15(11(2)19(3)18-10)20-14-6-7-16-8-12(14)9-17-13-4-5-13/h6-8,13,17H,4-5,9H2,1-3H3. The molecule has 0 atom stereocenters. The van der Waals surface area contributed by atoms with E-state index in [1.54, 1.807) is 6.20 Å². The molecule has 1 saturated carbocycles. The van der Waals surface area contributed by atoms with E-state index in [1.165, 1.54) is 12.8 Å². The van der Waals surface area contributed by atoms with E-state index in [0.29, 0.717) is 6.04 Å². The summed E-state index contributed by atoms with van der Waals surface area (Å²) in [6.45, 7) is 4.77. The van der Waals surface area contributed by atoms with Crippen LogP contribution in [-0.4, -0.2) is 20.8 Å². The Balaban J connectivity index is 1.82. The first kappa shape index (κ1) is 13.1. The van der Waals surface area contributed by atoms with Crippen LogP contribution in [0.2, 0.25) is 0 Å². The van der Waals surface area contributed by atoms with Crippen LogP contribution >= 0.6 is 0 Å². The fourth-order valence-corrected chi connectivity index (χ4v) is 2.20. The third-order valence-electron chi connectivity index (χ3n) is 3.67. The molecule has 0 amide bonds. The van der Waals surface area contributed by atoms with Crippen LogP contribution in [0.5, 0.6) is 11.5 Å². The lowest BCUT2D eigenvalue weighted by Crippen LogP contribution is -2.16. The van der Waals surface area contributed by atoms with Crippen molar-refractivity contribution >= 4 is 0 Å². The first-order valence-corrected chi connectivity index (χ1v) is 6.99. The second-order valence-electron chi connectivity index (χ2n) is 5.36. The number of ether oxygens (including phenoxy) is 1. The number of hydrogen-bond acceptors (Lipinski definition) is 4. The molecule has 0 aromatic carbocycles. The van der Waals surface area contributed by atoms with Crippen LogP contribution in [0, 0.1) is 13.8 Å². The molecule has 5 heteroatoms. The second kappa shape index (κ2) is 5.25. The minimum atomic E-state index is 0.671. The van der Waals surface area contributed by atoms with Crippen molar-refractivity contribution in [2.24, 2.45) is 7.05 Å². The quantitative estimate of drug-likeness (QED) is 0.908. The van der Waals surface area contributed by atoms with E-state index in [1.807, 2.05) is 37.8 Å². The van der Waals surface area contributed by atoms with Crippen LogP contribution in [0.15, 0.2) is 18.5 Å². The molecule has 2 heterocycles. The molecule has 106 valence electrons. The second-order valence-corrected chi connectivity index (χ2v) is 5.36. The van der Waals surface area contributed by atoms with Gasteiger partial charge in [-0.2, -0.15) is 5.10 Å². The highest BCUT2D eigenvalue weighted by molar-refractivity contribution is 5.40. The summed E-state index contributed by atoms with van der Waals surface area (Å²) in [5.41, 5.74) is 3.02. The van der Waals surface area contributed by atoms with Gasteiger partial charge >= 0.3 is 0 Å². The van der Waals surface area contributed by atoms with Crippen molar-refractivity contribution in [2.75, 3.05) is 0 Å². The zero-order valence-electron chi connectivity index (χ0n) is 12.2. The molecule has 3 rings (SSSR count). The average Bonchev–Trinajstić information content (AvgIpc) is 3.23. The van der Waals surface area contributed by atoms with Crippen molar-refractivity contribution in [3.8, 4) is 11.5 Å². The molecular weight excluding hydrogens is 252 g/mol. The molecule has 2 aromatic rings. The summed E-state index contributed by atoms with van der Waals surface area (Å²) in [5, 5.41) is 7.87. The molecule has 0 spiro atoms. The largest absolute Gasteiger partial charge is 0.453 e. The fourth-order valence-electron chi connectivity index (χ4n) is 2.20. The number of nitrogens with one attached hydrogen (secondary N) is 1. The van der Waals surface area contributed by atoms with Crippen LogP contribution in [0.25, 0.3) is 0 Å². The first-order valence-electron chi connectivity index (χ1n) is 6.99. The van der Waals surface area contributed by atoms with Gasteiger partial charge < -0.3 is 10.1 Å². The highest BCUT2D eigenvalue weighted by Crippen LogP contribution is 2.30. The van der Waals surface area contributed by atoms with Gasteiger partial charge in [-0.05, 0) is 32.8 Å². The summed E-state index contributed by atoms with van der Waals surface area (Å²) in [6, 6.07) is 2.58. The van der Waals surface area contributed by atoms with Gasteiger partial charge in [0.05, 0.1) is 5.69 Å². The Bertz CT molecular complexity index is 616. The molecule has 1 N–H and O–H groups in total. The van der Waals surface area contributed by atoms with E-state index in [9.17, 15) is 0 Å². The number of pyridine rings is 1. The van der Waals surface area contributed by atoms with Crippen LogP contribution in [0.4, 0.5) is 0 Å². The van der Waals surface area contributed by atoms with Crippen molar-refractivity contribution in [1.82, 2.24) is 20.1 Å². The Labute approximate surface area is 119 Å². The maximum atomic E-state index is 6.08. The number of hydrogen-bond donors (Lipinski definition) is 1. The van der Waals surface area contributed by atoms with Crippen LogP contribution in [0.1, 0.15) is 29.8 Å². The van der Waals surface area contributed by atoms with Gasteiger partial charge in [0.1, 0.15) is 11.4 Å². The van der Waals surface area contributed by atoms with Gasteiger partial charge in [-0.1, -0.05) is 0 Å². The molecule has 0 saturated heterocycles. The Kier molecular flexibility index (Phi) is 3.44. The predicted octanol–water partition coefficient (Wildman–Crippen LogP) is 2.48. The number of aromatic nitrogens is 3. The third kappa shape index (κ3) is 2.67. The number of nitrogens with zero attached hydrogens (tertiary/aromatic N) is 3. The lowest BCUT2D eigenvalue weighted by atomic mass is 10.2. The van der Waals surface area contributed by atoms with Gasteiger partial charge in [0.15, 0.2) is 5.75 Å². The van der Waals surface area contributed by atoms with E-state index in [-0.39, 0.29) is 0 Å². The highest BCUT2D eigenvalue weighted by atomic mass is 16.5. The van der Waals surface area contributed by atoms with Crippen LogP contribution < -0.4 is 10.1 Å². The minimum Gasteiger partial charge on any atom is -0.453 e. The highest BCUT2D eigenvalue weighted by Gasteiger charge is 2.21. The van der Waals surface area contributed by atoms with Crippen molar-refractivity contribution in [2.45, 2.75) is 39.3 Å². The lowest BCUT2D eigenvalue weighted by Gasteiger charge is -2.11. The van der Waals surface area contributed by atoms with E-state index < -0.39 is 0 Å². The van der Waals surface area contributed by atoms with Gasteiger partial charge in [0.25, 0.3) is 0 Å². The smallest absolute Gasteiger partial charge is 0.171 e. The molecule has 2 aromatic heterocycles. The Morgan fingerprint density at radius 3 is 2.85 bits per heavy atom. The number of aryl methyl sites for hydroxylation is 2. The molecule has 5 nitrogen and oxygen atoms in total. The monoisotopic (exact) mass is 272 g/mol. The first-order chi connectivity index (χ1) is 9.65. The van der Waals surface area contributed by atoms with Gasteiger partial charge in [-0.3, -0.25) is 9.67 Å². The Morgan fingerprint density at radius 2 is 2.20 bits per heavy atom. The molecule has 20 heavy (non-hydrogen) atoms. The predicted molar refractivity (Wildman–Crippen MR) is 76.9 cm³/mol. The summed E-state index contributed by atoms with van der Waals surface area (Å²) < 4.78 is 7.92. The van der Waals surface area contributed by atoms with Crippen LogP contribution in [-0.2, 0) is 13.6 Å². The van der Waals surface area contributed by atoms with Crippen LogP contribution in [0.3, 0.4) is 0 Å². The van der Waals surface area contributed by atoms with E-state index in [4.69, 9.17) is 4.74 Å². The third-order valence-corrected chi connectivity index (χ3v) is 3.67. The van der Waals surface area contributed by atoms with Gasteiger partial charge in [0, 0.05) is 37.6 Å². The van der Waals surface area contributed by atoms with Crippen molar-refractivity contribution in [3.05, 3.63) is 35.4 Å². The zero-order chi connectivity index (χ0) is 14.1. The SMILES string of the molecule is Cc1nn(C)c(C)c1Oc1ccncc1CNC1CC1. The normalized spacial score (nSPS) is 14.6. The summed E-state index contributed by atoms with van der Waals surface area (Å²) >= 11 is 0. The molecule has 0 aliphatic heterocycles. The maximum Gasteiger partial charge on any atom is 0.171 e. The Morgan fingerprint density at radius 1 is 1.40 bits per heavy atom. The summed E-state index contributed by atoms with van der Waals surface area (Å²) in [6.07, 6.45) is 6.18. The summed E-state index contributed by atoms with van der Waals surface area (Å²) in [4.78, 5) is 4.19. The van der Waals surface area contributed by atoms with E-state index >= 15 is 0 Å². The Hall–Kier alpha value is -1.88. The van der Waals surface area contributed by atoms with E-state index in [0.717, 1.165) is 35.0 Å². The van der Waals surface area contributed by atoms with E-state index in [2.05, 4.69) is 15.4 Å². The maximum absolute atomic E-state index is 6.08. The minimum absolute atomic E-state index is 0.671. The summed E-state index contributed by atoms with van der Waals surface area (Å²) in [7, 11) is 1.93. The van der Waals surface area contributed by atoms with Crippen molar-refractivity contribution < 1.29 is 4.74 Å². The topological polar surface area (TPSA) is 52.0 Å². The molecule has 0 unspecified atom stereocenters. The molecular formula is C15H20N4O. The molecule has 0 radical (unpaired) electrons. The molecule has 1 aliphatic rings. The van der Waals surface area contributed by atoms with Gasteiger partial charge in [-0.15, -0.1) is 0 Å². The molecule has 0 bridgehead atoms. The van der Waals surface area contributed by atoms with Crippen molar-refractivity contribution in [1.29, 1.82) is 0 Å². The van der Waals surface area contributed by atoms with Crippen molar-refractivity contribution in [3.63, 3.8) is 0 Å². The molecule has 1 aliphatic carbocycles. The average molecular weight is 272 g/mol. The lowest BCUT2D eigenvalue weighted by molar-refractivity contribution is 0.463. The zero-order valence-corrected chi connectivity index (χ0v) is 12.2.